The van der Waals surface area contributed by atoms with Crippen molar-refractivity contribution in [2.75, 3.05) is 25.9 Å². The van der Waals surface area contributed by atoms with E-state index in [0.717, 1.165) is 24.9 Å². The van der Waals surface area contributed by atoms with Crippen LogP contribution in [0.15, 0.2) is 34.2 Å². The molecule has 25 heavy (non-hydrogen) atoms. The second kappa shape index (κ2) is 8.84. The summed E-state index contributed by atoms with van der Waals surface area (Å²) in [5.41, 5.74) is 0.923. The average molecular weight is 366 g/mol. The Bertz CT molecular complexity index is 710. The van der Waals surface area contributed by atoms with Gasteiger partial charge >= 0.3 is 0 Å². The molecule has 1 aliphatic carbocycles. The van der Waals surface area contributed by atoms with Crippen LogP contribution in [0.1, 0.15) is 25.3 Å². The number of nitrogens with one attached hydrogen (secondary N) is 3. The molecule has 1 fully saturated rings. The van der Waals surface area contributed by atoms with Crippen LogP contribution in [-0.2, 0) is 21.2 Å². The van der Waals surface area contributed by atoms with Crippen molar-refractivity contribution in [1.29, 1.82) is 0 Å². The van der Waals surface area contributed by atoms with Crippen LogP contribution in [0.5, 0.6) is 0 Å². The van der Waals surface area contributed by atoms with E-state index in [4.69, 9.17) is 0 Å². The van der Waals surface area contributed by atoms with Gasteiger partial charge in [0.05, 0.1) is 11.4 Å². The molecule has 0 aliphatic heterocycles. The summed E-state index contributed by atoms with van der Waals surface area (Å²) < 4.78 is 22.9. The van der Waals surface area contributed by atoms with Crippen LogP contribution in [-0.4, -0.2) is 46.2 Å². The molecule has 0 radical (unpaired) electrons. The highest BCUT2D eigenvalue weighted by Crippen LogP contribution is 2.28. The van der Waals surface area contributed by atoms with Crippen molar-refractivity contribution in [1.82, 2.24) is 16.0 Å². The molecular formula is C17H26N4O3S. The zero-order valence-electron chi connectivity index (χ0n) is 14.7. The lowest BCUT2D eigenvalue weighted by Gasteiger charge is -2.12. The van der Waals surface area contributed by atoms with Crippen LogP contribution >= 0.6 is 0 Å². The lowest BCUT2D eigenvalue weighted by molar-refractivity contribution is -0.122. The number of amides is 1. The Morgan fingerprint density at radius 3 is 2.32 bits per heavy atom. The summed E-state index contributed by atoms with van der Waals surface area (Å²) in [6.07, 6.45) is 3.19. The maximum Gasteiger partial charge on any atom is 0.223 e. The number of carbonyl (C=O) groups excluding carboxylic acids is 1. The van der Waals surface area contributed by atoms with Crippen molar-refractivity contribution >= 4 is 21.7 Å². The molecule has 1 saturated carbocycles. The third kappa shape index (κ3) is 6.74. The Labute approximate surface area is 149 Å². The van der Waals surface area contributed by atoms with Gasteiger partial charge in [-0.1, -0.05) is 12.1 Å². The summed E-state index contributed by atoms with van der Waals surface area (Å²) in [6, 6.07) is 6.71. The number of sulfone groups is 1. The number of aliphatic imine (C=N–C) groups is 1. The molecule has 0 spiro atoms. The Balaban J connectivity index is 1.82. The summed E-state index contributed by atoms with van der Waals surface area (Å²) in [7, 11) is -3.18. The highest BCUT2D eigenvalue weighted by molar-refractivity contribution is 7.90. The topological polar surface area (TPSA) is 99.7 Å². The standard InChI is InChI=1S/C17H26N4O3S/c1-3-18-17(20-11-10-19-16(22)14-6-7-14)21-12-13-4-8-15(9-5-13)25(2,23)24/h4-5,8-9,14H,3,6-7,10-12H2,1-2H3,(H,19,22)(H2,18,20,21). The van der Waals surface area contributed by atoms with Gasteiger partial charge in [0.15, 0.2) is 15.8 Å². The molecule has 0 aromatic heterocycles. The summed E-state index contributed by atoms with van der Waals surface area (Å²) in [5.74, 6) is 1.02. The van der Waals surface area contributed by atoms with E-state index in [2.05, 4.69) is 20.9 Å². The van der Waals surface area contributed by atoms with Gasteiger partial charge in [-0.2, -0.15) is 0 Å². The third-order valence-electron chi connectivity index (χ3n) is 3.78. The average Bonchev–Trinajstić information content (AvgIpc) is 3.40. The predicted octanol–water partition coefficient (Wildman–Crippen LogP) is 0.671. The molecule has 7 nitrogen and oxygen atoms in total. The maximum atomic E-state index is 11.6. The van der Waals surface area contributed by atoms with Gasteiger partial charge in [0, 0.05) is 31.8 Å². The Hall–Kier alpha value is -2.09. The fourth-order valence-corrected chi connectivity index (χ4v) is 2.84. The molecule has 1 aliphatic rings. The fraction of sp³-hybridized carbons (Fsp3) is 0.529. The smallest absolute Gasteiger partial charge is 0.223 e. The van der Waals surface area contributed by atoms with E-state index in [-0.39, 0.29) is 11.8 Å². The van der Waals surface area contributed by atoms with Crippen molar-refractivity contribution in [2.45, 2.75) is 31.2 Å². The minimum Gasteiger partial charge on any atom is -0.357 e. The van der Waals surface area contributed by atoms with Gasteiger partial charge < -0.3 is 16.0 Å². The Kier molecular flexibility index (Phi) is 6.81. The quantitative estimate of drug-likeness (QED) is 0.357. The largest absolute Gasteiger partial charge is 0.357 e. The number of benzene rings is 1. The van der Waals surface area contributed by atoms with E-state index in [0.29, 0.717) is 30.5 Å². The van der Waals surface area contributed by atoms with Crippen molar-refractivity contribution in [3.8, 4) is 0 Å². The highest BCUT2D eigenvalue weighted by Gasteiger charge is 2.28. The molecule has 0 saturated heterocycles. The van der Waals surface area contributed by atoms with Crippen molar-refractivity contribution in [3.63, 3.8) is 0 Å². The molecule has 0 bridgehead atoms. The van der Waals surface area contributed by atoms with Gasteiger partial charge in [0.2, 0.25) is 5.91 Å². The van der Waals surface area contributed by atoms with Gasteiger partial charge in [-0.25, -0.2) is 13.4 Å². The van der Waals surface area contributed by atoms with Gasteiger partial charge in [-0.3, -0.25) is 4.79 Å². The van der Waals surface area contributed by atoms with E-state index in [1.54, 1.807) is 24.3 Å². The van der Waals surface area contributed by atoms with Crippen LogP contribution in [0, 0.1) is 5.92 Å². The summed E-state index contributed by atoms with van der Waals surface area (Å²) >= 11 is 0. The Morgan fingerprint density at radius 1 is 1.12 bits per heavy atom. The van der Waals surface area contributed by atoms with Crippen LogP contribution in [0.25, 0.3) is 0 Å². The molecule has 0 unspecified atom stereocenters. The van der Waals surface area contributed by atoms with Gasteiger partial charge in [0.1, 0.15) is 0 Å². The predicted molar refractivity (Wildman–Crippen MR) is 98.1 cm³/mol. The molecule has 1 aromatic rings. The number of hydrogen-bond acceptors (Lipinski definition) is 4. The van der Waals surface area contributed by atoms with E-state index in [9.17, 15) is 13.2 Å². The zero-order chi connectivity index (χ0) is 18.3. The SMILES string of the molecule is CCNC(=NCc1ccc(S(C)(=O)=O)cc1)NCCNC(=O)C1CC1. The zero-order valence-corrected chi connectivity index (χ0v) is 15.5. The molecule has 3 N–H and O–H groups in total. The second-order valence-electron chi connectivity index (χ2n) is 6.10. The maximum absolute atomic E-state index is 11.6. The van der Waals surface area contributed by atoms with Gasteiger partial charge in [0.25, 0.3) is 0 Å². The van der Waals surface area contributed by atoms with Crippen molar-refractivity contribution in [3.05, 3.63) is 29.8 Å². The fourth-order valence-electron chi connectivity index (χ4n) is 2.21. The first kappa shape index (κ1) is 19.2. The second-order valence-corrected chi connectivity index (χ2v) is 8.12. The van der Waals surface area contributed by atoms with E-state index in [1.807, 2.05) is 6.92 Å². The van der Waals surface area contributed by atoms with Crippen LogP contribution in [0.2, 0.25) is 0 Å². The molecular weight excluding hydrogens is 340 g/mol. The van der Waals surface area contributed by atoms with Crippen LogP contribution < -0.4 is 16.0 Å². The van der Waals surface area contributed by atoms with E-state index in [1.165, 1.54) is 6.26 Å². The normalized spacial score (nSPS) is 14.9. The lowest BCUT2D eigenvalue weighted by atomic mass is 10.2. The summed E-state index contributed by atoms with van der Waals surface area (Å²) in [5, 5.41) is 9.21. The number of rotatable bonds is 8. The third-order valence-corrected chi connectivity index (χ3v) is 4.91. The molecule has 0 atom stereocenters. The molecule has 138 valence electrons. The van der Waals surface area contributed by atoms with Gasteiger partial charge in [-0.15, -0.1) is 0 Å². The number of carbonyl (C=O) groups is 1. The van der Waals surface area contributed by atoms with Crippen molar-refractivity contribution < 1.29 is 13.2 Å². The van der Waals surface area contributed by atoms with Crippen molar-refractivity contribution in [2.24, 2.45) is 10.9 Å². The lowest BCUT2D eigenvalue weighted by Crippen LogP contribution is -2.41. The molecule has 2 rings (SSSR count). The molecule has 8 heteroatoms. The van der Waals surface area contributed by atoms with E-state index < -0.39 is 9.84 Å². The monoisotopic (exact) mass is 366 g/mol. The highest BCUT2D eigenvalue weighted by atomic mass is 32.2. The minimum atomic E-state index is -3.18. The molecule has 0 heterocycles. The molecule has 1 amide bonds. The van der Waals surface area contributed by atoms with E-state index >= 15 is 0 Å². The van der Waals surface area contributed by atoms with Crippen LogP contribution in [0.3, 0.4) is 0 Å². The summed E-state index contributed by atoms with van der Waals surface area (Å²) in [4.78, 5) is 16.3. The summed E-state index contributed by atoms with van der Waals surface area (Å²) in [6.45, 7) is 4.30. The minimum absolute atomic E-state index is 0.134. The van der Waals surface area contributed by atoms with Gasteiger partial charge in [-0.05, 0) is 37.5 Å². The first-order valence-corrected chi connectivity index (χ1v) is 10.4. The number of guanidine groups is 1. The first-order valence-electron chi connectivity index (χ1n) is 8.49. The Morgan fingerprint density at radius 2 is 1.76 bits per heavy atom. The van der Waals surface area contributed by atoms with Crippen LogP contribution in [0.4, 0.5) is 0 Å². The first-order chi connectivity index (χ1) is 11.9. The number of nitrogens with zero attached hydrogens (tertiary/aromatic N) is 1. The molecule has 1 aromatic carbocycles. The number of hydrogen-bond donors (Lipinski definition) is 3.